The van der Waals surface area contributed by atoms with Crippen molar-refractivity contribution >= 4 is 15.9 Å². The lowest BCUT2D eigenvalue weighted by Crippen LogP contribution is -2.41. The van der Waals surface area contributed by atoms with E-state index in [1.807, 2.05) is 4.57 Å². The number of pyridine rings is 1. The number of nitrogens with zero attached hydrogens (tertiary/aromatic N) is 4. The van der Waals surface area contributed by atoms with Crippen LogP contribution in [0.3, 0.4) is 0 Å². The van der Waals surface area contributed by atoms with Crippen molar-refractivity contribution in [2.75, 3.05) is 13.1 Å². The maximum absolute atomic E-state index is 12.9. The number of nitrogens with one attached hydrogen (secondary N) is 1. The van der Waals surface area contributed by atoms with Crippen LogP contribution in [0.25, 0.3) is 0 Å². The second-order valence-corrected chi connectivity index (χ2v) is 9.06. The average molecular weight is 389 g/mol. The number of imidazole rings is 1. The van der Waals surface area contributed by atoms with Gasteiger partial charge in [0.15, 0.2) is 0 Å². The Balaban J connectivity index is 1.53. The molecule has 9 heteroatoms. The molecule has 1 unspecified atom stereocenters. The Kier molecular flexibility index (Phi) is 4.73. The number of carbonyl (C=O) groups excluding carboxylic acids is 1. The minimum Gasteiger partial charge on any atom is -0.350 e. The molecule has 3 heterocycles. The maximum atomic E-state index is 12.9. The molecule has 1 atom stereocenters. The zero-order valence-electron chi connectivity index (χ0n) is 15.2. The summed E-state index contributed by atoms with van der Waals surface area (Å²) in [7, 11) is -3.67. The van der Waals surface area contributed by atoms with Crippen LogP contribution in [0.4, 0.5) is 0 Å². The summed E-state index contributed by atoms with van der Waals surface area (Å²) >= 11 is 0. The predicted molar refractivity (Wildman–Crippen MR) is 98.4 cm³/mol. The largest absolute Gasteiger partial charge is 0.350 e. The highest BCUT2D eigenvalue weighted by atomic mass is 32.2. The minimum absolute atomic E-state index is 0.162. The van der Waals surface area contributed by atoms with Gasteiger partial charge in [0.2, 0.25) is 10.0 Å². The van der Waals surface area contributed by atoms with Crippen LogP contribution >= 0.6 is 0 Å². The third-order valence-electron chi connectivity index (χ3n) is 5.42. The van der Waals surface area contributed by atoms with Gasteiger partial charge in [-0.05, 0) is 37.8 Å². The van der Waals surface area contributed by atoms with Crippen molar-refractivity contribution in [2.45, 2.75) is 43.7 Å². The van der Waals surface area contributed by atoms with E-state index in [9.17, 15) is 13.2 Å². The van der Waals surface area contributed by atoms with Gasteiger partial charge in [0.05, 0.1) is 6.04 Å². The summed E-state index contributed by atoms with van der Waals surface area (Å²) < 4.78 is 29.2. The summed E-state index contributed by atoms with van der Waals surface area (Å²) in [6.07, 6.45) is 8.17. The van der Waals surface area contributed by atoms with Gasteiger partial charge >= 0.3 is 0 Å². The number of fused-ring (bicyclic) bond motifs is 1. The van der Waals surface area contributed by atoms with E-state index in [0.717, 1.165) is 12.8 Å². The highest BCUT2D eigenvalue weighted by Crippen LogP contribution is 2.30. The van der Waals surface area contributed by atoms with Crippen molar-refractivity contribution < 1.29 is 13.2 Å². The van der Waals surface area contributed by atoms with E-state index < -0.39 is 16.1 Å². The summed E-state index contributed by atoms with van der Waals surface area (Å²) in [5.74, 6) is 0.963. The van der Waals surface area contributed by atoms with E-state index in [2.05, 4.69) is 15.3 Å². The van der Waals surface area contributed by atoms with Crippen LogP contribution < -0.4 is 5.32 Å². The van der Waals surface area contributed by atoms with E-state index in [4.69, 9.17) is 0 Å². The van der Waals surface area contributed by atoms with Crippen molar-refractivity contribution in [3.8, 4) is 0 Å². The number of carbonyl (C=O) groups is 1. The zero-order chi connectivity index (χ0) is 19.0. The number of amides is 1. The molecule has 2 aliphatic rings. The van der Waals surface area contributed by atoms with E-state index >= 15 is 0 Å². The second kappa shape index (κ2) is 7.05. The van der Waals surface area contributed by atoms with Gasteiger partial charge in [0.25, 0.3) is 5.91 Å². The lowest BCUT2D eigenvalue weighted by Gasteiger charge is -2.32. The Morgan fingerprint density at radius 2 is 2.15 bits per heavy atom. The highest BCUT2D eigenvalue weighted by molar-refractivity contribution is 7.89. The molecule has 1 N–H and O–H groups in total. The van der Waals surface area contributed by atoms with Crippen LogP contribution in [0.5, 0.6) is 0 Å². The van der Waals surface area contributed by atoms with Gasteiger partial charge in [-0.2, -0.15) is 4.31 Å². The number of aromatic nitrogens is 3. The molecule has 1 aliphatic carbocycles. The molecule has 1 saturated carbocycles. The van der Waals surface area contributed by atoms with Gasteiger partial charge < -0.3 is 9.88 Å². The molecule has 1 aliphatic heterocycles. The number of rotatable bonds is 5. The molecule has 0 aromatic carbocycles. The van der Waals surface area contributed by atoms with Gasteiger partial charge in [0, 0.05) is 38.2 Å². The molecular weight excluding hydrogens is 366 g/mol. The summed E-state index contributed by atoms with van der Waals surface area (Å²) in [5.41, 5.74) is 0.344. The number of hydrogen-bond donors (Lipinski definition) is 1. The summed E-state index contributed by atoms with van der Waals surface area (Å²) in [6.45, 7) is 3.26. The Labute approximate surface area is 158 Å². The monoisotopic (exact) mass is 389 g/mol. The fourth-order valence-electron chi connectivity index (χ4n) is 3.57. The van der Waals surface area contributed by atoms with Gasteiger partial charge in [-0.3, -0.25) is 9.78 Å². The van der Waals surface area contributed by atoms with Crippen LogP contribution in [0, 0.1) is 5.92 Å². The SMILES string of the molecule is CC1c2nc(C(=O)NCC3CCC3)cn2CCN1S(=O)(=O)c1cccnc1. The first-order chi connectivity index (χ1) is 13.0. The molecular formula is C18H23N5O3S. The number of sulfonamides is 1. The Morgan fingerprint density at radius 1 is 1.33 bits per heavy atom. The van der Waals surface area contributed by atoms with Crippen LogP contribution in [0.2, 0.25) is 0 Å². The second-order valence-electron chi connectivity index (χ2n) is 7.17. The number of hydrogen-bond acceptors (Lipinski definition) is 5. The third kappa shape index (κ3) is 3.37. The van der Waals surface area contributed by atoms with Crippen molar-refractivity contribution in [3.05, 3.63) is 42.2 Å². The first kappa shape index (κ1) is 18.1. The molecule has 144 valence electrons. The molecule has 27 heavy (non-hydrogen) atoms. The Morgan fingerprint density at radius 3 is 2.81 bits per heavy atom. The van der Waals surface area contributed by atoms with Crippen LogP contribution in [-0.2, 0) is 16.6 Å². The summed E-state index contributed by atoms with van der Waals surface area (Å²) in [6, 6.07) is 2.68. The van der Waals surface area contributed by atoms with Gasteiger partial charge in [-0.25, -0.2) is 13.4 Å². The Bertz CT molecular complexity index is 937. The third-order valence-corrected chi connectivity index (χ3v) is 7.38. The molecule has 1 fully saturated rings. The molecule has 0 saturated heterocycles. The summed E-state index contributed by atoms with van der Waals surface area (Å²) in [5, 5.41) is 2.94. The molecule has 4 rings (SSSR count). The predicted octanol–water partition coefficient (Wildman–Crippen LogP) is 1.57. The van der Waals surface area contributed by atoms with E-state index in [0.29, 0.717) is 37.1 Å². The molecule has 0 spiro atoms. The molecule has 0 radical (unpaired) electrons. The van der Waals surface area contributed by atoms with Crippen molar-refractivity contribution in [3.63, 3.8) is 0 Å². The van der Waals surface area contributed by atoms with Crippen LogP contribution in [0.15, 0.2) is 35.6 Å². The highest BCUT2D eigenvalue weighted by Gasteiger charge is 2.36. The lowest BCUT2D eigenvalue weighted by atomic mass is 9.85. The molecule has 1 amide bonds. The maximum Gasteiger partial charge on any atom is 0.271 e. The Hall–Kier alpha value is -2.26. The van der Waals surface area contributed by atoms with E-state index in [-0.39, 0.29) is 10.8 Å². The fraction of sp³-hybridized carbons (Fsp3) is 0.500. The van der Waals surface area contributed by atoms with Crippen molar-refractivity contribution in [2.24, 2.45) is 5.92 Å². The topological polar surface area (TPSA) is 97.2 Å². The van der Waals surface area contributed by atoms with Crippen molar-refractivity contribution in [1.82, 2.24) is 24.2 Å². The fourth-order valence-corrected chi connectivity index (χ4v) is 5.12. The first-order valence-electron chi connectivity index (χ1n) is 9.24. The quantitative estimate of drug-likeness (QED) is 0.837. The zero-order valence-corrected chi connectivity index (χ0v) is 16.0. The van der Waals surface area contributed by atoms with Gasteiger partial charge in [0.1, 0.15) is 16.4 Å². The average Bonchev–Trinajstić information content (AvgIpc) is 3.06. The van der Waals surface area contributed by atoms with E-state index in [1.165, 1.54) is 23.0 Å². The molecule has 8 nitrogen and oxygen atoms in total. The minimum atomic E-state index is -3.67. The van der Waals surface area contributed by atoms with Crippen LogP contribution in [0.1, 0.15) is 48.5 Å². The first-order valence-corrected chi connectivity index (χ1v) is 10.7. The molecule has 0 bridgehead atoms. The molecule has 2 aromatic rings. The van der Waals surface area contributed by atoms with Gasteiger partial charge in [-0.15, -0.1) is 0 Å². The lowest BCUT2D eigenvalue weighted by molar-refractivity contribution is 0.0934. The summed E-state index contributed by atoms with van der Waals surface area (Å²) in [4.78, 5) is 20.9. The molecule has 2 aromatic heterocycles. The van der Waals surface area contributed by atoms with E-state index in [1.54, 1.807) is 25.4 Å². The van der Waals surface area contributed by atoms with Crippen molar-refractivity contribution in [1.29, 1.82) is 0 Å². The normalized spacial score (nSPS) is 20.7. The standard InChI is InChI=1S/C18H23N5O3S/c1-13-17-21-16(18(24)20-10-14-4-2-5-14)12-22(17)8-9-23(13)27(25,26)15-6-3-7-19-11-15/h3,6-7,11-14H,2,4-5,8-10H2,1H3,(H,20,24). The van der Waals surface area contributed by atoms with Crippen LogP contribution in [-0.4, -0.2) is 46.3 Å². The smallest absolute Gasteiger partial charge is 0.271 e. The van der Waals surface area contributed by atoms with Gasteiger partial charge in [-0.1, -0.05) is 6.42 Å².